The maximum atomic E-state index is 13.8. The number of nitrogens with two attached hydrogens (primary N) is 2. The van der Waals surface area contributed by atoms with Crippen LogP contribution < -0.4 is 20.9 Å². The van der Waals surface area contributed by atoms with Crippen molar-refractivity contribution in [3.8, 4) is 21.9 Å². The van der Waals surface area contributed by atoms with E-state index < -0.39 is 40.8 Å². The third-order valence-corrected chi connectivity index (χ3v) is 8.40. The Morgan fingerprint density at radius 3 is 2.25 bits per heavy atom. The number of benzene rings is 2. The molecular formula is C32H43F3N2O6S. The first-order valence-electron chi connectivity index (χ1n) is 14.4. The lowest BCUT2D eigenvalue weighted by atomic mass is 9.80. The van der Waals surface area contributed by atoms with Gasteiger partial charge < -0.3 is 35.9 Å². The van der Waals surface area contributed by atoms with E-state index >= 15 is 0 Å². The molecule has 3 rings (SSSR count). The summed E-state index contributed by atoms with van der Waals surface area (Å²) in [5, 5.41) is 21.1. The molecule has 0 aliphatic heterocycles. The number of thiophene rings is 1. The summed E-state index contributed by atoms with van der Waals surface area (Å²) < 4.78 is 58.3. The van der Waals surface area contributed by atoms with Gasteiger partial charge >= 0.3 is 12.1 Å². The number of methoxy groups -OCH3 is 1. The van der Waals surface area contributed by atoms with Crippen LogP contribution in [0.2, 0.25) is 0 Å². The molecule has 0 spiro atoms. The van der Waals surface area contributed by atoms with E-state index in [1.165, 1.54) is 30.6 Å². The number of aliphatic hydroxyl groups excluding tert-OH is 2. The van der Waals surface area contributed by atoms with Crippen LogP contribution in [0.5, 0.6) is 11.5 Å². The van der Waals surface area contributed by atoms with Gasteiger partial charge in [0, 0.05) is 38.7 Å². The normalized spacial score (nSPS) is 14.7. The van der Waals surface area contributed by atoms with Crippen LogP contribution in [0.4, 0.5) is 13.2 Å². The molecular weight excluding hydrogens is 597 g/mol. The van der Waals surface area contributed by atoms with Gasteiger partial charge in [-0.3, -0.25) is 4.79 Å². The molecule has 6 N–H and O–H groups in total. The van der Waals surface area contributed by atoms with Gasteiger partial charge in [-0.15, -0.1) is 11.3 Å². The predicted molar refractivity (Wildman–Crippen MR) is 166 cm³/mol. The summed E-state index contributed by atoms with van der Waals surface area (Å²) in [6.45, 7) is 6.81. The van der Waals surface area contributed by atoms with Gasteiger partial charge in [0.05, 0.1) is 31.3 Å². The van der Waals surface area contributed by atoms with E-state index in [0.29, 0.717) is 23.5 Å². The van der Waals surface area contributed by atoms with Crippen molar-refractivity contribution in [2.24, 2.45) is 23.3 Å². The number of fused-ring (bicyclic) bond motifs is 1. The molecule has 0 saturated heterocycles. The highest BCUT2D eigenvalue weighted by molar-refractivity contribution is 7.22. The second-order valence-corrected chi connectivity index (χ2v) is 13.6. The fourth-order valence-corrected chi connectivity index (χ4v) is 5.87. The second-order valence-electron chi connectivity index (χ2n) is 12.5. The van der Waals surface area contributed by atoms with Crippen LogP contribution in [-0.4, -0.2) is 60.3 Å². The van der Waals surface area contributed by atoms with Gasteiger partial charge in [-0.1, -0.05) is 0 Å². The average Bonchev–Trinajstić information content (AvgIpc) is 3.36. The third-order valence-electron chi connectivity index (χ3n) is 7.27. The van der Waals surface area contributed by atoms with Gasteiger partial charge in [0.2, 0.25) is 0 Å². The van der Waals surface area contributed by atoms with E-state index in [4.69, 9.17) is 25.7 Å². The molecule has 0 fully saturated rings. The van der Waals surface area contributed by atoms with E-state index in [-0.39, 0.29) is 43.5 Å². The number of carbonyl (C=O) groups is 1. The van der Waals surface area contributed by atoms with Crippen molar-refractivity contribution in [3.63, 3.8) is 0 Å². The minimum Gasteiger partial charge on any atom is -0.497 e. The number of hydrogen-bond donors (Lipinski definition) is 4. The third kappa shape index (κ3) is 10.1. The Hall–Kier alpha value is -2.90. The number of alkyl halides is 3. The molecule has 3 aromatic rings. The summed E-state index contributed by atoms with van der Waals surface area (Å²) in [7, 11) is 1.32. The van der Waals surface area contributed by atoms with Gasteiger partial charge in [0.15, 0.2) is 0 Å². The second kappa shape index (κ2) is 14.5. The number of carbonyl (C=O) groups excluding carboxylic acids is 1. The Bertz CT molecular complexity index is 1400. The van der Waals surface area contributed by atoms with Crippen LogP contribution in [-0.2, 0) is 15.7 Å². The quantitative estimate of drug-likeness (QED) is 0.154. The lowest BCUT2D eigenvalue weighted by Gasteiger charge is -2.33. The van der Waals surface area contributed by atoms with Crippen molar-refractivity contribution < 1.29 is 42.4 Å². The summed E-state index contributed by atoms with van der Waals surface area (Å²) >= 11 is 1.22. The molecule has 0 aliphatic carbocycles. The summed E-state index contributed by atoms with van der Waals surface area (Å²) in [4.78, 5) is 13.2. The molecule has 0 amide bonds. The molecule has 0 saturated carbocycles. The van der Waals surface area contributed by atoms with Crippen molar-refractivity contribution in [2.45, 2.75) is 70.3 Å². The molecule has 44 heavy (non-hydrogen) atoms. The monoisotopic (exact) mass is 640 g/mol. The highest BCUT2D eigenvalue weighted by Gasteiger charge is 2.37. The van der Waals surface area contributed by atoms with Crippen molar-refractivity contribution in [1.29, 1.82) is 0 Å². The predicted octanol–water partition coefficient (Wildman–Crippen LogP) is 5.75. The van der Waals surface area contributed by atoms with E-state index in [1.807, 2.05) is 0 Å². The van der Waals surface area contributed by atoms with Gasteiger partial charge in [-0.05, 0) is 94.8 Å². The van der Waals surface area contributed by atoms with Gasteiger partial charge in [-0.25, -0.2) is 0 Å². The topological polar surface area (TPSA) is 137 Å². The average molecular weight is 641 g/mol. The molecule has 0 aliphatic rings. The summed E-state index contributed by atoms with van der Waals surface area (Å²) in [5.74, 6) is -0.847. The van der Waals surface area contributed by atoms with E-state index in [9.17, 15) is 28.2 Å². The van der Waals surface area contributed by atoms with Crippen molar-refractivity contribution in [3.05, 3.63) is 48.0 Å². The number of hydrogen-bond acceptors (Lipinski definition) is 9. The van der Waals surface area contributed by atoms with Crippen LogP contribution in [0.1, 0.15) is 52.5 Å². The molecule has 8 nitrogen and oxygen atoms in total. The zero-order valence-corrected chi connectivity index (χ0v) is 26.6. The van der Waals surface area contributed by atoms with Crippen molar-refractivity contribution in [1.82, 2.24) is 0 Å². The van der Waals surface area contributed by atoms with Crippen LogP contribution in [0.15, 0.2) is 42.5 Å². The van der Waals surface area contributed by atoms with Crippen LogP contribution in [0, 0.1) is 11.8 Å². The maximum Gasteiger partial charge on any atom is 0.417 e. The maximum absolute atomic E-state index is 13.8. The first kappa shape index (κ1) is 35.6. The number of aliphatic hydroxyl groups is 2. The Labute approximate surface area is 260 Å². The summed E-state index contributed by atoms with van der Waals surface area (Å²) in [5.41, 5.74) is 10.1. The van der Waals surface area contributed by atoms with E-state index in [0.717, 1.165) is 16.2 Å². The largest absolute Gasteiger partial charge is 0.497 e. The first-order chi connectivity index (χ1) is 20.4. The fourth-order valence-electron chi connectivity index (χ4n) is 4.74. The molecule has 3 unspecified atom stereocenters. The minimum atomic E-state index is -4.55. The number of halogens is 3. The molecule has 1 heterocycles. The standard InChI is InChI=1S/C32H43F3N2O6S/c1-30(2,36)15-26(31(3,4)37)29(40)43-18-21(39)8-6-19(16-38)17-42-23-9-7-20-12-28(44-27(20)14-23)24-11-10-22(41-5)13-25(24)32(33,34)35/h7,9-14,19,21,26,38-39H,6,8,15-18,36-37H2,1-5H3. The highest BCUT2D eigenvalue weighted by atomic mass is 32.1. The molecule has 3 atom stereocenters. The number of ether oxygens (including phenoxy) is 3. The fraction of sp³-hybridized carbons (Fsp3) is 0.531. The molecule has 0 bridgehead atoms. The lowest BCUT2D eigenvalue weighted by molar-refractivity contribution is -0.154. The lowest BCUT2D eigenvalue weighted by Crippen LogP contribution is -2.50. The summed E-state index contributed by atoms with van der Waals surface area (Å²) in [6, 6.07) is 10.8. The van der Waals surface area contributed by atoms with Crippen molar-refractivity contribution >= 4 is 27.4 Å². The number of rotatable bonds is 15. The zero-order chi connectivity index (χ0) is 32.9. The molecule has 2 aromatic carbocycles. The Kier molecular flexibility index (Phi) is 11.7. The van der Waals surface area contributed by atoms with Gasteiger partial charge in [0.25, 0.3) is 0 Å². The van der Waals surface area contributed by atoms with E-state index in [1.54, 1.807) is 52.0 Å². The molecule has 12 heteroatoms. The minimum absolute atomic E-state index is 0.0667. The van der Waals surface area contributed by atoms with Crippen molar-refractivity contribution in [2.75, 3.05) is 26.9 Å². The summed E-state index contributed by atoms with van der Waals surface area (Å²) in [6.07, 6.45) is -4.50. The zero-order valence-electron chi connectivity index (χ0n) is 25.7. The number of esters is 1. The van der Waals surface area contributed by atoms with E-state index in [2.05, 4.69) is 0 Å². The van der Waals surface area contributed by atoms with Crippen LogP contribution in [0.25, 0.3) is 20.5 Å². The smallest absolute Gasteiger partial charge is 0.417 e. The molecule has 1 aromatic heterocycles. The van der Waals surface area contributed by atoms with Crippen LogP contribution in [0.3, 0.4) is 0 Å². The highest BCUT2D eigenvalue weighted by Crippen LogP contribution is 2.43. The Morgan fingerprint density at radius 2 is 1.66 bits per heavy atom. The molecule has 244 valence electrons. The van der Waals surface area contributed by atoms with Crippen LogP contribution >= 0.6 is 11.3 Å². The van der Waals surface area contributed by atoms with Gasteiger partial charge in [-0.2, -0.15) is 13.2 Å². The Morgan fingerprint density at radius 1 is 0.977 bits per heavy atom. The Balaban J connectivity index is 1.58. The molecule has 0 radical (unpaired) electrons. The van der Waals surface area contributed by atoms with Gasteiger partial charge in [0.1, 0.15) is 18.1 Å². The first-order valence-corrected chi connectivity index (χ1v) is 15.2. The SMILES string of the molecule is COc1ccc(-c2cc3ccc(OCC(CO)CCC(O)COC(=O)C(CC(C)(C)N)C(C)(C)N)cc3s2)c(C(F)(F)F)c1.